The van der Waals surface area contributed by atoms with Crippen LogP contribution >= 0.6 is 7.82 Å². The van der Waals surface area contributed by atoms with Gasteiger partial charge >= 0.3 is 19.8 Å². The molecule has 0 fully saturated rings. The second-order valence-electron chi connectivity index (χ2n) is 11.5. The number of phosphoric acid groups is 1. The van der Waals surface area contributed by atoms with E-state index in [2.05, 4.69) is 85.2 Å². The van der Waals surface area contributed by atoms with Crippen molar-refractivity contribution in [2.24, 2.45) is 0 Å². The highest BCUT2D eigenvalue weighted by atomic mass is 31.2. The summed E-state index contributed by atoms with van der Waals surface area (Å²) in [5, 5.41) is 0. The highest BCUT2D eigenvalue weighted by Crippen LogP contribution is 2.35. The van der Waals surface area contributed by atoms with Gasteiger partial charge in [0.15, 0.2) is 6.10 Å². The third-order valence-corrected chi connectivity index (χ3v) is 7.44. The summed E-state index contributed by atoms with van der Waals surface area (Å²) in [7, 11) is -4.76. The molecule has 0 saturated heterocycles. The van der Waals surface area contributed by atoms with Crippen molar-refractivity contribution in [3.05, 3.63) is 72.9 Å². The third-order valence-electron chi connectivity index (χ3n) is 6.96. The normalized spacial score (nSPS) is 13.4. The fraction of sp³-hybridized carbons (Fsp3) is 0.632. The fourth-order valence-electron chi connectivity index (χ4n) is 4.34. The Bertz CT molecular complexity index is 990. The van der Waals surface area contributed by atoms with Crippen molar-refractivity contribution in [3.63, 3.8) is 0 Å². The predicted molar refractivity (Wildman–Crippen MR) is 193 cm³/mol. The van der Waals surface area contributed by atoms with Crippen LogP contribution in [0.25, 0.3) is 0 Å². The zero-order valence-electron chi connectivity index (χ0n) is 29.1. The molecule has 0 bridgehead atoms. The van der Waals surface area contributed by atoms with Crippen LogP contribution in [0.15, 0.2) is 72.9 Å². The van der Waals surface area contributed by atoms with E-state index in [0.717, 1.165) is 77.0 Å². The molecule has 0 aromatic heterocycles. The van der Waals surface area contributed by atoms with E-state index in [1.165, 1.54) is 19.3 Å². The van der Waals surface area contributed by atoms with Crippen LogP contribution < -0.4 is 0 Å². The van der Waals surface area contributed by atoms with Gasteiger partial charge in [0.2, 0.25) is 0 Å². The lowest BCUT2D eigenvalue weighted by atomic mass is 10.1. The van der Waals surface area contributed by atoms with Crippen molar-refractivity contribution in [1.29, 1.82) is 0 Å². The van der Waals surface area contributed by atoms with Gasteiger partial charge in [-0.25, -0.2) is 4.57 Å². The summed E-state index contributed by atoms with van der Waals surface area (Å²) in [6, 6.07) is 0. The lowest BCUT2D eigenvalue weighted by Gasteiger charge is -2.18. The molecular formula is C38H63O8P. The molecule has 0 heterocycles. The van der Waals surface area contributed by atoms with Crippen molar-refractivity contribution in [1.82, 2.24) is 0 Å². The van der Waals surface area contributed by atoms with Gasteiger partial charge in [0.05, 0.1) is 6.61 Å². The van der Waals surface area contributed by atoms with Crippen molar-refractivity contribution in [3.8, 4) is 0 Å². The lowest BCUT2D eigenvalue weighted by Crippen LogP contribution is -2.29. The van der Waals surface area contributed by atoms with E-state index in [9.17, 15) is 14.2 Å². The first-order valence-electron chi connectivity index (χ1n) is 17.7. The first-order chi connectivity index (χ1) is 22.8. The Hall–Kier alpha value is -2.51. The standard InChI is InChI=1S/C38H63O8P/c1-3-5-7-9-11-13-15-17-18-19-20-21-23-24-26-28-30-32-37(39)44-34-36(35-45-47(41,42)43)46-38(40)33-31-29-27-25-22-16-14-12-10-8-6-4-2/h5,7,11-14,17-18,20-21,24,26,36H,3-4,6,8-10,15-16,19,22-23,25,27-35H2,1-2H3,(H2,41,42,43)/b7-5-,13-11-,14-12-,18-17-,21-20-,26-24-/t36-/m1/s1. The summed E-state index contributed by atoms with van der Waals surface area (Å²) in [5.41, 5.74) is 0. The van der Waals surface area contributed by atoms with Gasteiger partial charge in [0.1, 0.15) is 6.61 Å². The molecule has 0 spiro atoms. The number of rotatable bonds is 31. The Morgan fingerprint density at radius 2 is 1.04 bits per heavy atom. The van der Waals surface area contributed by atoms with Crippen LogP contribution in [0.5, 0.6) is 0 Å². The molecule has 0 aromatic carbocycles. The molecule has 0 aliphatic rings. The van der Waals surface area contributed by atoms with Crippen molar-refractivity contribution in [2.45, 2.75) is 142 Å². The van der Waals surface area contributed by atoms with E-state index in [1.54, 1.807) is 0 Å². The summed E-state index contributed by atoms with van der Waals surface area (Å²) in [4.78, 5) is 42.6. The maximum absolute atomic E-state index is 12.3. The number of hydrogen-bond donors (Lipinski definition) is 2. The average Bonchev–Trinajstić information content (AvgIpc) is 3.04. The van der Waals surface area contributed by atoms with Gasteiger partial charge in [0, 0.05) is 12.8 Å². The number of carbonyl (C=O) groups excluding carboxylic acids is 2. The summed E-state index contributed by atoms with van der Waals surface area (Å²) in [6.07, 6.45) is 42.0. The van der Waals surface area contributed by atoms with Gasteiger partial charge in [-0.05, 0) is 77.0 Å². The molecule has 0 saturated carbocycles. The number of ether oxygens (including phenoxy) is 2. The Morgan fingerprint density at radius 3 is 1.62 bits per heavy atom. The van der Waals surface area contributed by atoms with E-state index in [1.807, 2.05) is 6.08 Å². The number of carbonyl (C=O) groups is 2. The Morgan fingerprint density at radius 1 is 0.574 bits per heavy atom. The zero-order valence-corrected chi connectivity index (χ0v) is 30.0. The van der Waals surface area contributed by atoms with Gasteiger partial charge in [-0.15, -0.1) is 0 Å². The van der Waals surface area contributed by atoms with Crippen LogP contribution in [0.3, 0.4) is 0 Å². The number of unbranched alkanes of at least 4 members (excludes halogenated alkanes) is 9. The first kappa shape index (κ1) is 44.5. The molecule has 0 aliphatic carbocycles. The molecular weight excluding hydrogens is 615 g/mol. The largest absolute Gasteiger partial charge is 0.469 e. The second kappa shape index (κ2) is 33.4. The summed E-state index contributed by atoms with van der Waals surface area (Å²) in [6.45, 7) is 3.46. The van der Waals surface area contributed by atoms with E-state index in [-0.39, 0.29) is 19.4 Å². The van der Waals surface area contributed by atoms with E-state index in [4.69, 9.17) is 19.3 Å². The van der Waals surface area contributed by atoms with E-state index in [0.29, 0.717) is 12.8 Å². The molecule has 2 N–H and O–H groups in total. The molecule has 8 nitrogen and oxygen atoms in total. The number of esters is 2. The molecule has 1 atom stereocenters. The summed E-state index contributed by atoms with van der Waals surface area (Å²) >= 11 is 0. The Labute approximate surface area is 285 Å². The molecule has 268 valence electrons. The van der Waals surface area contributed by atoms with Crippen LogP contribution in [0.1, 0.15) is 136 Å². The van der Waals surface area contributed by atoms with Crippen LogP contribution in [0.4, 0.5) is 0 Å². The third kappa shape index (κ3) is 36.2. The molecule has 0 aromatic rings. The van der Waals surface area contributed by atoms with Gasteiger partial charge in [-0.3, -0.25) is 14.1 Å². The minimum absolute atomic E-state index is 0.184. The first-order valence-corrected chi connectivity index (χ1v) is 19.3. The van der Waals surface area contributed by atoms with E-state index < -0.39 is 32.5 Å². The Kier molecular flexibility index (Phi) is 31.6. The number of phosphoric ester groups is 1. The molecule has 9 heteroatoms. The highest BCUT2D eigenvalue weighted by Gasteiger charge is 2.22. The molecule has 0 unspecified atom stereocenters. The fourth-order valence-corrected chi connectivity index (χ4v) is 4.70. The maximum Gasteiger partial charge on any atom is 0.469 e. The van der Waals surface area contributed by atoms with Gasteiger partial charge in [-0.1, -0.05) is 119 Å². The number of allylic oxidation sites excluding steroid dienone is 12. The zero-order chi connectivity index (χ0) is 34.7. The molecule has 0 radical (unpaired) electrons. The van der Waals surface area contributed by atoms with Crippen LogP contribution in [-0.4, -0.2) is 41.0 Å². The van der Waals surface area contributed by atoms with Crippen LogP contribution in [-0.2, 0) is 28.2 Å². The SMILES string of the molecule is CC/C=C\C/C=C\C/C=C\C/C=C\C/C=C\CCCC(=O)OC[C@H](COP(=O)(O)O)OC(=O)CCCCCCC/C=C\CCCCC. The molecule has 0 amide bonds. The monoisotopic (exact) mass is 678 g/mol. The topological polar surface area (TPSA) is 119 Å². The van der Waals surface area contributed by atoms with Crippen molar-refractivity contribution in [2.75, 3.05) is 13.2 Å². The smallest absolute Gasteiger partial charge is 0.462 e. The van der Waals surface area contributed by atoms with Gasteiger partial charge < -0.3 is 19.3 Å². The average molecular weight is 679 g/mol. The van der Waals surface area contributed by atoms with Gasteiger partial charge in [0.25, 0.3) is 0 Å². The lowest BCUT2D eigenvalue weighted by molar-refractivity contribution is -0.161. The minimum atomic E-state index is -4.76. The minimum Gasteiger partial charge on any atom is -0.462 e. The van der Waals surface area contributed by atoms with Crippen molar-refractivity contribution < 1.29 is 37.9 Å². The Balaban J connectivity index is 4.13. The molecule has 0 rings (SSSR count). The second-order valence-corrected chi connectivity index (χ2v) is 12.7. The van der Waals surface area contributed by atoms with E-state index >= 15 is 0 Å². The predicted octanol–water partition coefficient (Wildman–Crippen LogP) is 10.3. The summed E-state index contributed by atoms with van der Waals surface area (Å²) < 4.78 is 26.2. The number of hydrogen-bond acceptors (Lipinski definition) is 6. The summed E-state index contributed by atoms with van der Waals surface area (Å²) in [5.74, 6) is -0.973. The van der Waals surface area contributed by atoms with Crippen molar-refractivity contribution >= 4 is 19.8 Å². The quantitative estimate of drug-likeness (QED) is 0.0322. The highest BCUT2D eigenvalue weighted by molar-refractivity contribution is 7.46. The molecule has 0 aliphatic heterocycles. The van der Waals surface area contributed by atoms with Crippen LogP contribution in [0.2, 0.25) is 0 Å². The maximum atomic E-state index is 12.3. The van der Waals surface area contributed by atoms with Crippen LogP contribution in [0, 0.1) is 0 Å². The van der Waals surface area contributed by atoms with Gasteiger partial charge in [-0.2, -0.15) is 0 Å². The molecule has 47 heavy (non-hydrogen) atoms.